The molecule has 1 heterocycles. The van der Waals surface area contributed by atoms with Gasteiger partial charge in [-0.3, -0.25) is 9.59 Å². The molecule has 2 amide bonds. The number of amides is 2. The molecule has 5 nitrogen and oxygen atoms in total. The molecule has 0 spiro atoms. The summed E-state index contributed by atoms with van der Waals surface area (Å²) in [5.41, 5.74) is 6.81. The fraction of sp³-hybridized carbons (Fsp3) is 0.333. The first-order valence-electron chi connectivity index (χ1n) is 7.92. The molecule has 2 aromatic rings. The number of likely N-dealkylation sites (N-methyl/N-ethyl adjacent to an activating group) is 1. The van der Waals surface area contributed by atoms with Crippen molar-refractivity contribution in [2.45, 2.75) is 6.42 Å². The first-order chi connectivity index (χ1) is 11.6. The van der Waals surface area contributed by atoms with Gasteiger partial charge in [-0.05, 0) is 23.4 Å². The first kappa shape index (κ1) is 21.2. The average molecular weight is 382 g/mol. The van der Waals surface area contributed by atoms with Crippen LogP contribution in [0.15, 0.2) is 47.8 Å². The molecule has 136 valence electrons. The van der Waals surface area contributed by atoms with Crippen molar-refractivity contribution in [1.29, 1.82) is 0 Å². The summed E-state index contributed by atoms with van der Waals surface area (Å²) in [6.07, 6.45) is 0.773. The fourth-order valence-electron chi connectivity index (χ4n) is 2.39. The maximum absolute atomic E-state index is 12.5. The first-order valence-corrected chi connectivity index (χ1v) is 8.80. The Hall–Kier alpha value is -1.89. The summed E-state index contributed by atoms with van der Waals surface area (Å²) in [6, 6.07) is 13.6. The molecule has 0 bridgehead atoms. The predicted octanol–water partition coefficient (Wildman–Crippen LogP) is 2.27. The van der Waals surface area contributed by atoms with Crippen LogP contribution < -0.4 is 5.73 Å². The summed E-state index contributed by atoms with van der Waals surface area (Å²) < 4.78 is 0. The SMILES string of the molecule is CN(CC(=O)N(CCN)CCc1ccccc1)C(=O)c1cccs1.Cl. The number of benzene rings is 1. The lowest BCUT2D eigenvalue weighted by Crippen LogP contribution is -2.43. The summed E-state index contributed by atoms with van der Waals surface area (Å²) in [4.78, 5) is 28.6. The molecule has 0 saturated heterocycles. The molecular formula is C18H24ClN3O2S. The average Bonchev–Trinajstić information content (AvgIpc) is 3.13. The van der Waals surface area contributed by atoms with E-state index in [2.05, 4.69) is 0 Å². The van der Waals surface area contributed by atoms with Crippen LogP contribution in [0.1, 0.15) is 15.2 Å². The van der Waals surface area contributed by atoms with E-state index in [4.69, 9.17) is 5.73 Å². The minimum atomic E-state index is -0.130. The van der Waals surface area contributed by atoms with Gasteiger partial charge < -0.3 is 15.5 Å². The molecule has 25 heavy (non-hydrogen) atoms. The van der Waals surface area contributed by atoms with E-state index >= 15 is 0 Å². The summed E-state index contributed by atoms with van der Waals surface area (Å²) in [6.45, 7) is 1.56. The Morgan fingerprint density at radius 2 is 1.80 bits per heavy atom. The summed E-state index contributed by atoms with van der Waals surface area (Å²) >= 11 is 1.38. The topological polar surface area (TPSA) is 66.6 Å². The van der Waals surface area contributed by atoms with Crippen LogP contribution in [0, 0.1) is 0 Å². The monoisotopic (exact) mass is 381 g/mol. The van der Waals surface area contributed by atoms with Crippen LogP contribution in [0.5, 0.6) is 0 Å². The Balaban J connectivity index is 0.00000312. The van der Waals surface area contributed by atoms with E-state index in [1.807, 2.05) is 41.8 Å². The Morgan fingerprint density at radius 3 is 2.40 bits per heavy atom. The Bertz CT molecular complexity index is 650. The van der Waals surface area contributed by atoms with Gasteiger partial charge in [0.15, 0.2) is 0 Å². The molecule has 0 fully saturated rings. The van der Waals surface area contributed by atoms with Crippen LogP contribution in [0.3, 0.4) is 0 Å². The van der Waals surface area contributed by atoms with E-state index in [0.29, 0.717) is 24.5 Å². The van der Waals surface area contributed by atoms with Gasteiger partial charge in [0, 0.05) is 26.7 Å². The van der Waals surface area contributed by atoms with E-state index in [9.17, 15) is 9.59 Å². The highest BCUT2D eigenvalue weighted by Crippen LogP contribution is 2.11. The van der Waals surface area contributed by atoms with Crippen molar-refractivity contribution in [2.75, 3.05) is 33.2 Å². The smallest absolute Gasteiger partial charge is 0.264 e. The van der Waals surface area contributed by atoms with E-state index in [-0.39, 0.29) is 30.8 Å². The number of hydrogen-bond donors (Lipinski definition) is 1. The number of hydrogen-bond acceptors (Lipinski definition) is 4. The third-order valence-corrected chi connectivity index (χ3v) is 4.57. The second kappa shape index (κ2) is 10.9. The molecule has 1 aromatic carbocycles. The van der Waals surface area contributed by atoms with Gasteiger partial charge in [-0.25, -0.2) is 0 Å². The molecular weight excluding hydrogens is 358 g/mol. The standard InChI is InChI=1S/C18H23N3O2S.ClH/c1-20(18(23)16-8-5-13-24-16)14-17(22)21(12-10-19)11-9-15-6-3-2-4-7-15;/h2-8,13H,9-12,14,19H2,1H3;1H. The quantitative estimate of drug-likeness (QED) is 0.762. The van der Waals surface area contributed by atoms with Crippen molar-refractivity contribution in [1.82, 2.24) is 9.80 Å². The summed E-state index contributed by atoms with van der Waals surface area (Å²) in [7, 11) is 1.65. The summed E-state index contributed by atoms with van der Waals surface area (Å²) in [5, 5.41) is 1.85. The van der Waals surface area contributed by atoms with Crippen molar-refractivity contribution in [3.05, 3.63) is 58.3 Å². The van der Waals surface area contributed by atoms with E-state index in [1.54, 1.807) is 18.0 Å². The molecule has 0 saturated carbocycles. The van der Waals surface area contributed by atoms with Gasteiger partial charge in [0.25, 0.3) is 5.91 Å². The molecule has 0 aliphatic rings. The molecule has 0 aliphatic heterocycles. The zero-order valence-corrected chi connectivity index (χ0v) is 15.9. The highest BCUT2D eigenvalue weighted by molar-refractivity contribution is 7.12. The van der Waals surface area contributed by atoms with Crippen molar-refractivity contribution in [2.24, 2.45) is 5.73 Å². The van der Waals surface area contributed by atoms with Gasteiger partial charge >= 0.3 is 0 Å². The van der Waals surface area contributed by atoms with Crippen LogP contribution in [0.2, 0.25) is 0 Å². The van der Waals surface area contributed by atoms with Crippen molar-refractivity contribution < 1.29 is 9.59 Å². The number of carbonyl (C=O) groups excluding carboxylic acids is 2. The second-order valence-electron chi connectivity index (χ2n) is 5.54. The van der Waals surface area contributed by atoms with Gasteiger partial charge in [0.1, 0.15) is 0 Å². The maximum atomic E-state index is 12.5. The predicted molar refractivity (Wildman–Crippen MR) is 104 cm³/mol. The lowest BCUT2D eigenvalue weighted by atomic mass is 10.1. The van der Waals surface area contributed by atoms with Gasteiger partial charge in [-0.15, -0.1) is 23.7 Å². The minimum Gasteiger partial charge on any atom is -0.340 e. The Labute approximate surface area is 158 Å². The lowest BCUT2D eigenvalue weighted by Gasteiger charge is -2.25. The second-order valence-corrected chi connectivity index (χ2v) is 6.49. The molecule has 0 aliphatic carbocycles. The number of halogens is 1. The van der Waals surface area contributed by atoms with Gasteiger partial charge in [0.05, 0.1) is 11.4 Å². The van der Waals surface area contributed by atoms with Crippen molar-refractivity contribution >= 4 is 35.6 Å². The third-order valence-electron chi connectivity index (χ3n) is 3.72. The molecule has 7 heteroatoms. The fourth-order valence-corrected chi connectivity index (χ4v) is 3.11. The number of nitrogens with zero attached hydrogens (tertiary/aromatic N) is 2. The largest absolute Gasteiger partial charge is 0.340 e. The van der Waals surface area contributed by atoms with Crippen LogP contribution in [0.25, 0.3) is 0 Å². The molecule has 2 N–H and O–H groups in total. The zero-order chi connectivity index (χ0) is 17.4. The molecule has 0 atom stereocenters. The van der Waals surface area contributed by atoms with Crippen LogP contribution in [0.4, 0.5) is 0 Å². The Morgan fingerprint density at radius 1 is 1.08 bits per heavy atom. The number of carbonyl (C=O) groups is 2. The zero-order valence-electron chi connectivity index (χ0n) is 14.3. The number of thiophene rings is 1. The molecule has 0 radical (unpaired) electrons. The third kappa shape index (κ3) is 6.49. The maximum Gasteiger partial charge on any atom is 0.264 e. The number of nitrogens with two attached hydrogens (primary N) is 1. The van der Waals surface area contributed by atoms with E-state index in [0.717, 1.165) is 6.42 Å². The van der Waals surface area contributed by atoms with Crippen LogP contribution in [-0.4, -0.2) is 54.8 Å². The van der Waals surface area contributed by atoms with Crippen LogP contribution >= 0.6 is 23.7 Å². The van der Waals surface area contributed by atoms with Gasteiger partial charge in [-0.2, -0.15) is 0 Å². The van der Waals surface area contributed by atoms with E-state index in [1.165, 1.54) is 21.8 Å². The number of rotatable bonds is 8. The van der Waals surface area contributed by atoms with Gasteiger partial charge in [0.2, 0.25) is 5.91 Å². The minimum absolute atomic E-state index is 0. The molecule has 2 rings (SSSR count). The van der Waals surface area contributed by atoms with Gasteiger partial charge in [-0.1, -0.05) is 36.4 Å². The van der Waals surface area contributed by atoms with E-state index < -0.39 is 0 Å². The highest BCUT2D eigenvalue weighted by Gasteiger charge is 2.19. The highest BCUT2D eigenvalue weighted by atomic mass is 35.5. The molecule has 1 aromatic heterocycles. The lowest BCUT2D eigenvalue weighted by molar-refractivity contribution is -0.131. The normalized spacial score (nSPS) is 10.0. The molecule has 0 unspecified atom stereocenters. The van der Waals surface area contributed by atoms with Crippen molar-refractivity contribution in [3.63, 3.8) is 0 Å². The summed E-state index contributed by atoms with van der Waals surface area (Å²) in [5.74, 6) is -0.210. The van der Waals surface area contributed by atoms with Crippen molar-refractivity contribution in [3.8, 4) is 0 Å². The Kier molecular flexibility index (Phi) is 9.20. The van der Waals surface area contributed by atoms with Crippen LogP contribution in [-0.2, 0) is 11.2 Å².